The van der Waals surface area contributed by atoms with Crippen molar-refractivity contribution in [2.24, 2.45) is 0 Å². The molecule has 3 aromatic heterocycles. The summed E-state index contributed by atoms with van der Waals surface area (Å²) >= 11 is 0. The highest BCUT2D eigenvalue weighted by Gasteiger charge is 2.40. The lowest BCUT2D eigenvalue weighted by Gasteiger charge is -2.16. The molecule has 0 saturated heterocycles. The third-order valence-electron chi connectivity index (χ3n) is 3.89. The number of H-pyrrole nitrogens is 1. The first-order valence-electron chi connectivity index (χ1n) is 7.99. The van der Waals surface area contributed by atoms with Crippen LogP contribution < -0.4 is 5.32 Å². The second-order valence-electron chi connectivity index (χ2n) is 5.85. The SMILES string of the molecule is Cc1nc(Nc2nc(C(F)(F)c3ccc(F)cn3)nc3ccccc23)c[nH]1. The zero-order chi connectivity index (χ0) is 19.0. The number of hydrogen-bond acceptors (Lipinski definition) is 5. The number of nitrogens with zero attached hydrogens (tertiary/aromatic N) is 4. The Hall–Kier alpha value is -3.49. The van der Waals surface area contributed by atoms with Crippen molar-refractivity contribution in [1.82, 2.24) is 24.9 Å². The van der Waals surface area contributed by atoms with E-state index in [0.29, 0.717) is 22.5 Å². The lowest BCUT2D eigenvalue weighted by molar-refractivity contribution is 0.0285. The van der Waals surface area contributed by atoms with Crippen molar-refractivity contribution in [2.45, 2.75) is 12.8 Å². The Kier molecular flexibility index (Phi) is 3.98. The Morgan fingerprint density at radius 2 is 1.85 bits per heavy atom. The molecule has 4 aromatic rings. The zero-order valence-electron chi connectivity index (χ0n) is 14.0. The van der Waals surface area contributed by atoms with Gasteiger partial charge in [-0.25, -0.2) is 19.3 Å². The quantitative estimate of drug-likeness (QED) is 0.566. The van der Waals surface area contributed by atoms with Crippen LogP contribution in [0.25, 0.3) is 10.9 Å². The summed E-state index contributed by atoms with van der Waals surface area (Å²) in [5, 5.41) is 3.49. The van der Waals surface area contributed by atoms with Gasteiger partial charge in [0.15, 0.2) is 0 Å². The highest BCUT2D eigenvalue weighted by molar-refractivity contribution is 5.90. The van der Waals surface area contributed by atoms with E-state index in [1.165, 1.54) is 0 Å². The van der Waals surface area contributed by atoms with Gasteiger partial charge in [-0.05, 0) is 31.2 Å². The number of aryl methyl sites for hydroxylation is 1. The third kappa shape index (κ3) is 3.19. The fraction of sp³-hybridized carbons (Fsp3) is 0.111. The molecular weight excluding hydrogens is 357 g/mol. The molecule has 0 unspecified atom stereocenters. The molecule has 0 aliphatic heterocycles. The number of para-hydroxylation sites is 1. The van der Waals surface area contributed by atoms with E-state index in [1.807, 2.05) is 0 Å². The standard InChI is InChI=1S/C18H13F3N6/c1-10-22-9-15(24-10)26-16-12-4-2-3-5-13(12)25-17(27-16)18(20,21)14-7-6-11(19)8-23-14/h2-9H,1H3,(H,22,24)(H,25,26,27). The molecule has 27 heavy (non-hydrogen) atoms. The Morgan fingerprint density at radius 1 is 1.04 bits per heavy atom. The van der Waals surface area contributed by atoms with Crippen molar-refractivity contribution < 1.29 is 13.2 Å². The van der Waals surface area contributed by atoms with E-state index >= 15 is 0 Å². The van der Waals surface area contributed by atoms with Crippen LogP contribution in [0, 0.1) is 12.7 Å². The molecule has 9 heteroatoms. The number of nitrogens with one attached hydrogen (secondary N) is 2. The van der Waals surface area contributed by atoms with Crippen molar-refractivity contribution in [3.63, 3.8) is 0 Å². The van der Waals surface area contributed by atoms with Crippen LogP contribution in [0.1, 0.15) is 17.3 Å². The lowest BCUT2D eigenvalue weighted by atomic mass is 10.1. The average Bonchev–Trinajstić information content (AvgIpc) is 3.07. The summed E-state index contributed by atoms with van der Waals surface area (Å²) in [5.41, 5.74) is -0.306. The summed E-state index contributed by atoms with van der Waals surface area (Å²) in [6.45, 7) is 1.77. The molecular formula is C18H13F3N6. The van der Waals surface area contributed by atoms with Crippen LogP contribution >= 0.6 is 0 Å². The second-order valence-corrected chi connectivity index (χ2v) is 5.85. The Labute approximate surface area is 151 Å². The van der Waals surface area contributed by atoms with Gasteiger partial charge in [0.1, 0.15) is 29.0 Å². The second kappa shape index (κ2) is 6.35. The van der Waals surface area contributed by atoms with Crippen LogP contribution in [0.5, 0.6) is 0 Å². The number of aromatic nitrogens is 5. The third-order valence-corrected chi connectivity index (χ3v) is 3.89. The molecule has 4 rings (SSSR count). The van der Waals surface area contributed by atoms with Crippen molar-refractivity contribution in [1.29, 1.82) is 0 Å². The number of halogens is 3. The minimum Gasteiger partial charge on any atom is -0.347 e. The Balaban J connectivity index is 1.84. The van der Waals surface area contributed by atoms with Gasteiger partial charge in [-0.15, -0.1) is 0 Å². The topological polar surface area (TPSA) is 79.4 Å². The molecule has 0 atom stereocenters. The monoisotopic (exact) mass is 370 g/mol. The van der Waals surface area contributed by atoms with Gasteiger partial charge in [0.25, 0.3) is 0 Å². The maximum atomic E-state index is 14.9. The highest BCUT2D eigenvalue weighted by Crippen LogP contribution is 2.34. The largest absolute Gasteiger partial charge is 0.348 e. The number of pyridine rings is 1. The fourth-order valence-corrected chi connectivity index (χ4v) is 2.59. The normalized spacial score (nSPS) is 11.7. The van der Waals surface area contributed by atoms with Gasteiger partial charge < -0.3 is 10.3 Å². The molecule has 0 spiro atoms. The van der Waals surface area contributed by atoms with Crippen molar-refractivity contribution >= 4 is 22.5 Å². The van der Waals surface area contributed by atoms with Gasteiger partial charge >= 0.3 is 5.92 Å². The van der Waals surface area contributed by atoms with Crippen LogP contribution in [0.3, 0.4) is 0 Å². The van der Waals surface area contributed by atoms with E-state index in [9.17, 15) is 13.2 Å². The number of alkyl halides is 2. The van der Waals surface area contributed by atoms with Gasteiger partial charge in [-0.3, -0.25) is 4.98 Å². The first kappa shape index (κ1) is 17.0. The molecule has 3 heterocycles. The average molecular weight is 370 g/mol. The molecule has 6 nitrogen and oxygen atoms in total. The number of aromatic amines is 1. The Morgan fingerprint density at radius 3 is 2.56 bits per heavy atom. The maximum Gasteiger partial charge on any atom is 0.348 e. The number of benzene rings is 1. The summed E-state index contributed by atoms with van der Waals surface area (Å²) in [6, 6.07) is 8.60. The molecule has 2 N–H and O–H groups in total. The molecule has 0 aliphatic rings. The molecule has 0 aliphatic carbocycles. The van der Waals surface area contributed by atoms with Gasteiger partial charge in [0.05, 0.1) is 11.7 Å². The van der Waals surface area contributed by atoms with Gasteiger partial charge in [-0.1, -0.05) is 12.1 Å². The van der Waals surface area contributed by atoms with Crippen LogP contribution in [0.15, 0.2) is 48.8 Å². The summed E-state index contributed by atoms with van der Waals surface area (Å²) in [5.74, 6) is -3.76. The van der Waals surface area contributed by atoms with E-state index in [0.717, 1.165) is 18.3 Å². The van der Waals surface area contributed by atoms with E-state index in [2.05, 4.69) is 30.2 Å². The highest BCUT2D eigenvalue weighted by atomic mass is 19.3. The van der Waals surface area contributed by atoms with Crippen LogP contribution in [-0.2, 0) is 5.92 Å². The van der Waals surface area contributed by atoms with Crippen LogP contribution in [0.2, 0.25) is 0 Å². The number of anilines is 2. The van der Waals surface area contributed by atoms with Gasteiger partial charge in [0, 0.05) is 11.6 Å². The van der Waals surface area contributed by atoms with Gasteiger partial charge in [-0.2, -0.15) is 8.78 Å². The molecule has 0 amide bonds. The lowest BCUT2D eigenvalue weighted by Crippen LogP contribution is -2.21. The molecule has 1 aromatic carbocycles. The molecule has 136 valence electrons. The van der Waals surface area contributed by atoms with E-state index in [-0.39, 0.29) is 5.82 Å². The number of hydrogen-bond donors (Lipinski definition) is 2. The summed E-state index contributed by atoms with van der Waals surface area (Å²) in [4.78, 5) is 18.6. The first-order chi connectivity index (χ1) is 12.9. The predicted molar refractivity (Wildman–Crippen MR) is 93.3 cm³/mol. The van der Waals surface area contributed by atoms with E-state index in [1.54, 1.807) is 37.4 Å². The fourth-order valence-electron chi connectivity index (χ4n) is 2.59. The zero-order valence-corrected chi connectivity index (χ0v) is 14.0. The van der Waals surface area contributed by atoms with Crippen molar-refractivity contribution in [3.05, 3.63) is 72.0 Å². The molecule has 0 saturated carbocycles. The summed E-state index contributed by atoms with van der Waals surface area (Å²) in [7, 11) is 0. The maximum absolute atomic E-state index is 14.9. The predicted octanol–water partition coefficient (Wildman–Crippen LogP) is 4.08. The number of fused-ring (bicyclic) bond motifs is 1. The van der Waals surface area contributed by atoms with Crippen LogP contribution in [-0.4, -0.2) is 24.9 Å². The number of imidazole rings is 1. The molecule has 0 bridgehead atoms. The van der Waals surface area contributed by atoms with Crippen LogP contribution in [0.4, 0.5) is 24.8 Å². The van der Waals surface area contributed by atoms with Crippen molar-refractivity contribution in [3.8, 4) is 0 Å². The first-order valence-corrected chi connectivity index (χ1v) is 7.99. The van der Waals surface area contributed by atoms with E-state index < -0.39 is 23.3 Å². The smallest absolute Gasteiger partial charge is 0.347 e. The summed E-state index contributed by atoms with van der Waals surface area (Å²) in [6.07, 6.45) is 2.33. The minimum atomic E-state index is -3.60. The number of rotatable bonds is 4. The van der Waals surface area contributed by atoms with Crippen molar-refractivity contribution in [2.75, 3.05) is 5.32 Å². The minimum absolute atomic E-state index is 0.184. The van der Waals surface area contributed by atoms with E-state index in [4.69, 9.17) is 0 Å². The summed E-state index contributed by atoms with van der Waals surface area (Å²) < 4.78 is 42.9. The Bertz CT molecular complexity index is 1110. The van der Waals surface area contributed by atoms with Gasteiger partial charge in [0.2, 0.25) is 5.82 Å². The molecule has 0 fully saturated rings. The molecule has 0 radical (unpaired) electrons.